The molecule has 1 aliphatic heterocycles. The molecule has 1 heterocycles. The van der Waals surface area contributed by atoms with Crippen molar-refractivity contribution in [2.45, 2.75) is 50.7 Å². The quantitative estimate of drug-likeness (QED) is 0.850. The molecule has 1 saturated heterocycles. The zero-order valence-corrected chi connectivity index (χ0v) is 12.5. The fourth-order valence-corrected chi connectivity index (χ4v) is 3.16. The molecule has 112 valence electrons. The molecular weight excluding hydrogens is 264 g/mol. The third-order valence-electron chi connectivity index (χ3n) is 4.44. The Balaban J connectivity index is 1.74. The van der Waals surface area contributed by atoms with E-state index in [4.69, 9.17) is 14.6 Å². The van der Waals surface area contributed by atoms with Crippen LogP contribution in [0.4, 0.5) is 0 Å². The topological polar surface area (TPSA) is 38.7 Å². The number of hydrogen-bond donors (Lipinski definition) is 1. The summed E-state index contributed by atoms with van der Waals surface area (Å²) in [5, 5.41) is 8.89. The molecule has 3 rings (SSSR count). The standard InChI is InChI=1S/C18H22O3/c1-14-5-6-17(15(12-14)4-2-10-19)21-16-7-11-20-18(13-16)8-3-9-18/h5-6,12,16,19H,3,7-11,13H2,1H3. The molecule has 0 amide bonds. The van der Waals surface area contributed by atoms with Gasteiger partial charge in [-0.2, -0.15) is 0 Å². The van der Waals surface area contributed by atoms with Crippen LogP contribution in [-0.2, 0) is 4.74 Å². The smallest absolute Gasteiger partial charge is 0.135 e. The zero-order chi connectivity index (χ0) is 14.7. The SMILES string of the molecule is Cc1ccc(OC2CCOC3(CCC3)C2)c(C#CCO)c1. The monoisotopic (exact) mass is 286 g/mol. The first kappa shape index (κ1) is 14.4. The Hall–Kier alpha value is -1.50. The number of rotatable bonds is 2. The Morgan fingerprint density at radius 2 is 2.29 bits per heavy atom. The highest BCUT2D eigenvalue weighted by Crippen LogP contribution is 2.43. The molecule has 1 saturated carbocycles. The number of ether oxygens (including phenoxy) is 2. The van der Waals surface area contributed by atoms with Crippen molar-refractivity contribution < 1.29 is 14.6 Å². The van der Waals surface area contributed by atoms with Gasteiger partial charge in [0.2, 0.25) is 0 Å². The van der Waals surface area contributed by atoms with Crippen molar-refractivity contribution in [1.82, 2.24) is 0 Å². The summed E-state index contributed by atoms with van der Waals surface area (Å²) in [5.41, 5.74) is 2.09. The van der Waals surface area contributed by atoms with E-state index in [1.165, 1.54) is 6.42 Å². The molecular formula is C18H22O3. The maximum Gasteiger partial charge on any atom is 0.135 e. The number of aliphatic hydroxyl groups excluding tert-OH is 1. The molecule has 1 aromatic carbocycles. The average molecular weight is 286 g/mol. The van der Waals surface area contributed by atoms with E-state index in [1.807, 2.05) is 25.1 Å². The second kappa shape index (κ2) is 6.09. The average Bonchev–Trinajstić information content (AvgIpc) is 2.46. The van der Waals surface area contributed by atoms with Crippen LogP contribution in [0.2, 0.25) is 0 Å². The van der Waals surface area contributed by atoms with Crippen molar-refractivity contribution in [1.29, 1.82) is 0 Å². The highest BCUT2D eigenvalue weighted by molar-refractivity contribution is 5.48. The maximum absolute atomic E-state index is 8.89. The highest BCUT2D eigenvalue weighted by atomic mass is 16.5. The van der Waals surface area contributed by atoms with Crippen molar-refractivity contribution >= 4 is 0 Å². The van der Waals surface area contributed by atoms with Gasteiger partial charge >= 0.3 is 0 Å². The summed E-state index contributed by atoms with van der Waals surface area (Å²) < 4.78 is 12.1. The Labute approximate surface area is 126 Å². The molecule has 0 bridgehead atoms. The molecule has 1 spiro atoms. The molecule has 3 heteroatoms. The van der Waals surface area contributed by atoms with Gasteiger partial charge in [-0.1, -0.05) is 17.9 Å². The third kappa shape index (κ3) is 3.23. The minimum absolute atomic E-state index is 0.0879. The lowest BCUT2D eigenvalue weighted by Crippen LogP contribution is -2.48. The lowest BCUT2D eigenvalue weighted by molar-refractivity contribution is -0.153. The minimum Gasteiger partial charge on any atom is -0.489 e. The van der Waals surface area contributed by atoms with Crippen LogP contribution < -0.4 is 4.74 Å². The van der Waals surface area contributed by atoms with E-state index >= 15 is 0 Å². The van der Waals surface area contributed by atoms with Crippen molar-refractivity contribution in [3.63, 3.8) is 0 Å². The van der Waals surface area contributed by atoms with Gasteiger partial charge in [0.05, 0.1) is 17.8 Å². The Kier molecular flexibility index (Phi) is 4.19. The van der Waals surface area contributed by atoms with E-state index < -0.39 is 0 Å². The predicted octanol–water partition coefficient (Wildman–Crippen LogP) is 2.82. The molecule has 1 atom stereocenters. The van der Waals surface area contributed by atoms with Crippen molar-refractivity contribution in [3.05, 3.63) is 29.3 Å². The normalized spacial score (nSPS) is 23.0. The number of benzene rings is 1. The van der Waals surface area contributed by atoms with Crippen LogP contribution in [0.15, 0.2) is 18.2 Å². The molecule has 1 aromatic rings. The number of aliphatic hydroxyl groups is 1. The molecule has 2 aliphatic rings. The first-order valence-electron chi connectivity index (χ1n) is 7.72. The summed E-state index contributed by atoms with van der Waals surface area (Å²) in [7, 11) is 0. The number of aryl methyl sites for hydroxylation is 1. The van der Waals surface area contributed by atoms with Crippen molar-refractivity contribution in [2.75, 3.05) is 13.2 Å². The van der Waals surface area contributed by atoms with Crippen LogP contribution in [0.5, 0.6) is 5.75 Å². The van der Waals surface area contributed by atoms with Crippen LogP contribution in [-0.4, -0.2) is 30.0 Å². The Morgan fingerprint density at radius 3 is 3.00 bits per heavy atom. The summed E-state index contributed by atoms with van der Waals surface area (Å²) in [6, 6.07) is 6.04. The van der Waals surface area contributed by atoms with Crippen molar-refractivity contribution in [3.8, 4) is 17.6 Å². The molecule has 0 radical (unpaired) electrons. The molecule has 2 fully saturated rings. The van der Waals surface area contributed by atoms with Gasteiger partial charge in [-0.25, -0.2) is 0 Å². The van der Waals surface area contributed by atoms with Gasteiger partial charge in [-0.15, -0.1) is 0 Å². The van der Waals surface area contributed by atoms with E-state index in [1.54, 1.807) is 0 Å². The van der Waals surface area contributed by atoms with Gasteiger partial charge < -0.3 is 14.6 Å². The van der Waals surface area contributed by atoms with E-state index in [-0.39, 0.29) is 18.3 Å². The van der Waals surface area contributed by atoms with Gasteiger partial charge in [0.25, 0.3) is 0 Å². The van der Waals surface area contributed by atoms with Crippen LogP contribution in [0, 0.1) is 18.8 Å². The molecule has 3 nitrogen and oxygen atoms in total. The Bertz CT molecular complexity index is 564. The fourth-order valence-electron chi connectivity index (χ4n) is 3.16. The Morgan fingerprint density at radius 1 is 1.43 bits per heavy atom. The van der Waals surface area contributed by atoms with Gasteiger partial charge in [0.15, 0.2) is 0 Å². The van der Waals surface area contributed by atoms with Crippen molar-refractivity contribution in [2.24, 2.45) is 0 Å². The van der Waals surface area contributed by atoms with E-state index in [0.29, 0.717) is 0 Å². The highest BCUT2D eigenvalue weighted by Gasteiger charge is 2.43. The molecule has 1 unspecified atom stereocenters. The van der Waals surface area contributed by atoms with Gasteiger partial charge in [-0.3, -0.25) is 0 Å². The van der Waals surface area contributed by atoms with Crippen LogP contribution >= 0.6 is 0 Å². The summed E-state index contributed by atoms with van der Waals surface area (Å²) in [4.78, 5) is 0. The maximum atomic E-state index is 8.89. The van der Waals surface area contributed by atoms with Gasteiger partial charge in [0, 0.05) is 12.8 Å². The second-order valence-corrected chi connectivity index (χ2v) is 6.08. The molecule has 21 heavy (non-hydrogen) atoms. The predicted molar refractivity (Wildman–Crippen MR) is 81.3 cm³/mol. The first-order valence-corrected chi connectivity index (χ1v) is 7.72. The molecule has 1 N–H and O–H groups in total. The zero-order valence-electron chi connectivity index (χ0n) is 12.5. The van der Waals surface area contributed by atoms with E-state index in [2.05, 4.69) is 11.8 Å². The second-order valence-electron chi connectivity index (χ2n) is 6.08. The van der Waals surface area contributed by atoms with Gasteiger partial charge in [0.1, 0.15) is 18.5 Å². The summed E-state index contributed by atoms with van der Waals surface area (Å²) in [6.45, 7) is 2.69. The largest absolute Gasteiger partial charge is 0.489 e. The molecule has 0 aromatic heterocycles. The summed E-state index contributed by atoms with van der Waals surface area (Å²) in [6.07, 6.45) is 5.72. The van der Waals surface area contributed by atoms with Crippen LogP contribution in [0.25, 0.3) is 0 Å². The molecule has 1 aliphatic carbocycles. The van der Waals surface area contributed by atoms with E-state index in [9.17, 15) is 0 Å². The van der Waals surface area contributed by atoms with Crippen LogP contribution in [0.1, 0.15) is 43.2 Å². The van der Waals surface area contributed by atoms with E-state index in [0.717, 1.165) is 49.2 Å². The lowest BCUT2D eigenvalue weighted by Gasteiger charge is -2.46. The van der Waals surface area contributed by atoms with Gasteiger partial charge in [-0.05, 0) is 43.9 Å². The number of hydrogen-bond acceptors (Lipinski definition) is 3. The first-order chi connectivity index (χ1) is 10.2. The fraction of sp³-hybridized carbons (Fsp3) is 0.556. The summed E-state index contributed by atoms with van der Waals surface area (Å²) in [5.74, 6) is 6.52. The summed E-state index contributed by atoms with van der Waals surface area (Å²) >= 11 is 0. The third-order valence-corrected chi connectivity index (χ3v) is 4.44. The lowest BCUT2D eigenvalue weighted by atomic mass is 9.74. The van der Waals surface area contributed by atoms with Crippen LogP contribution in [0.3, 0.4) is 0 Å². The minimum atomic E-state index is -0.131.